The molecule has 1 aliphatic heterocycles. The summed E-state index contributed by atoms with van der Waals surface area (Å²) in [5.41, 5.74) is 1.76. The molecule has 7 heteroatoms. The SMILES string of the molecule is CCOc1ccc(NC(=O)CSc2cn(CC(=O)N3CCCC3)c3ccccc23)cc1. The lowest BCUT2D eigenvalue weighted by molar-refractivity contribution is -0.130. The number of aromatic nitrogens is 1. The summed E-state index contributed by atoms with van der Waals surface area (Å²) < 4.78 is 7.43. The molecule has 3 aromatic rings. The van der Waals surface area contributed by atoms with Gasteiger partial charge < -0.3 is 19.5 Å². The molecular formula is C24H27N3O3S. The molecule has 1 saturated heterocycles. The van der Waals surface area contributed by atoms with E-state index in [1.807, 2.05) is 71.1 Å². The molecule has 2 amide bonds. The predicted octanol–water partition coefficient (Wildman–Crippen LogP) is 4.39. The predicted molar refractivity (Wildman–Crippen MR) is 125 cm³/mol. The van der Waals surface area contributed by atoms with Crippen molar-refractivity contribution in [2.75, 3.05) is 30.8 Å². The van der Waals surface area contributed by atoms with Gasteiger partial charge in [0.2, 0.25) is 11.8 Å². The van der Waals surface area contributed by atoms with Crippen molar-refractivity contribution in [1.82, 2.24) is 9.47 Å². The van der Waals surface area contributed by atoms with Gasteiger partial charge in [-0.1, -0.05) is 18.2 Å². The van der Waals surface area contributed by atoms with Crippen molar-refractivity contribution in [2.24, 2.45) is 0 Å². The van der Waals surface area contributed by atoms with Crippen molar-refractivity contribution in [3.05, 3.63) is 54.7 Å². The monoisotopic (exact) mass is 437 g/mol. The molecule has 162 valence electrons. The maximum absolute atomic E-state index is 12.6. The zero-order valence-electron chi connectivity index (χ0n) is 17.7. The van der Waals surface area contributed by atoms with Gasteiger partial charge in [0.05, 0.1) is 12.4 Å². The first-order valence-electron chi connectivity index (χ1n) is 10.6. The number of para-hydroxylation sites is 1. The Balaban J connectivity index is 1.41. The first-order valence-corrected chi connectivity index (χ1v) is 11.6. The Morgan fingerprint density at radius 3 is 2.55 bits per heavy atom. The van der Waals surface area contributed by atoms with E-state index in [1.165, 1.54) is 11.8 Å². The highest BCUT2D eigenvalue weighted by atomic mass is 32.2. The zero-order chi connectivity index (χ0) is 21.6. The second-order valence-electron chi connectivity index (χ2n) is 7.52. The van der Waals surface area contributed by atoms with E-state index in [9.17, 15) is 9.59 Å². The molecule has 1 N–H and O–H groups in total. The van der Waals surface area contributed by atoms with Gasteiger partial charge in [-0.05, 0) is 50.1 Å². The largest absolute Gasteiger partial charge is 0.494 e. The zero-order valence-corrected chi connectivity index (χ0v) is 18.5. The lowest BCUT2D eigenvalue weighted by Crippen LogP contribution is -2.30. The van der Waals surface area contributed by atoms with Crippen LogP contribution in [0.2, 0.25) is 0 Å². The number of carbonyl (C=O) groups excluding carboxylic acids is 2. The van der Waals surface area contributed by atoms with Crippen LogP contribution < -0.4 is 10.1 Å². The molecule has 2 aromatic carbocycles. The van der Waals surface area contributed by atoms with Crippen LogP contribution in [-0.4, -0.2) is 46.7 Å². The number of nitrogens with zero attached hydrogens (tertiary/aromatic N) is 2. The number of likely N-dealkylation sites (tertiary alicyclic amines) is 1. The Labute approximate surface area is 186 Å². The smallest absolute Gasteiger partial charge is 0.242 e. The molecule has 0 atom stereocenters. The minimum atomic E-state index is -0.0702. The summed E-state index contributed by atoms with van der Waals surface area (Å²) in [6, 6.07) is 15.4. The second-order valence-corrected chi connectivity index (χ2v) is 8.54. The third-order valence-corrected chi connectivity index (χ3v) is 6.37. The fourth-order valence-corrected chi connectivity index (χ4v) is 4.70. The first kappa shape index (κ1) is 21.3. The van der Waals surface area contributed by atoms with Gasteiger partial charge in [-0.25, -0.2) is 0 Å². The molecule has 0 saturated carbocycles. The van der Waals surface area contributed by atoms with Gasteiger partial charge in [0.1, 0.15) is 12.3 Å². The minimum Gasteiger partial charge on any atom is -0.494 e. The van der Waals surface area contributed by atoms with Crippen molar-refractivity contribution in [3.63, 3.8) is 0 Å². The quantitative estimate of drug-likeness (QED) is 0.531. The van der Waals surface area contributed by atoms with Crippen LogP contribution in [0.3, 0.4) is 0 Å². The summed E-state index contributed by atoms with van der Waals surface area (Å²) in [7, 11) is 0. The first-order chi connectivity index (χ1) is 15.1. The van der Waals surface area contributed by atoms with E-state index >= 15 is 0 Å². The third-order valence-electron chi connectivity index (χ3n) is 5.32. The Kier molecular flexibility index (Phi) is 6.82. The van der Waals surface area contributed by atoms with E-state index in [-0.39, 0.29) is 11.8 Å². The topological polar surface area (TPSA) is 63.6 Å². The number of thioether (sulfide) groups is 1. The maximum Gasteiger partial charge on any atom is 0.242 e. The van der Waals surface area contributed by atoms with Gasteiger partial charge in [0.25, 0.3) is 0 Å². The highest BCUT2D eigenvalue weighted by Gasteiger charge is 2.19. The van der Waals surface area contributed by atoms with Crippen LogP contribution in [-0.2, 0) is 16.1 Å². The molecule has 6 nitrogen and oxygen atoms in total. The van der Waals surface area contributed by atoms with Crippen LogP contribution in [0.15, 0.2) is 59.6 Å². The van der Waals surface area contributed by atoms with Gasteiger partial charge >= 0.3 is 0 Å². The molecule has 4 rings (SSSR count). The Bertz CT molecular complexity index is 1060. The van der Waals surface area contributed by atoms with Crippen molar-refractivity contribution < 1.29 is 14.3 Å². The average molecular weight is 438 g/mol. The number of fused-ring (bicyclic) bond motifs is 1. The lowest BCUT2D eigenvalue weighted by Gasteiger charge is -2.15. The van der Waals surface area contributed by atoms with Crippen LogP contribution in [0.4, 0.5) is 5.69 Å². The van der Waals surface area contributed by atoms with Crippen LogP contribution >= 0.6 is 11.8 Å². The molecule has 1 aromatic heterocycles. The molecular weight excluding hydrogens is 410 g/mol. The summed E-state index contributed by atoms with van der Waals surface area (Å²) in [5.74, 6) is 1.16. The number of rotatable bonds is 8. The number of benzene rings is 2. The van der Waals surface area contributed by atoms with E-state index in [2.05, 4.69) is 5.32 Å². The van der Waals surface area contributed by atoms with Crippen molar-refractivity contribution in [3.8, 4) is 5.75 Å². The number of hydrogen-bond donors (Lipinski definition) is 1. The normalized spacial score (nSPS) is 13.5. The van der Waals surface area contributed by atoms with Crippen molar-refractivity contribution >= 4 is 40.2 Å². The summed E-state index contributed by atoms with van der Waals surface area (Å²) in [4.78, 5) is 28.0. The van der Waals surface area contributed by atoms with E-state index in [0.29, 0.717) is 18.9 Å². The molecule has 0 unspecified atom stereocenters. The van der Waals surface area contributed by atoms with Gasteiger partial charge in [0.15, 0.2) is 0 Å². The van der Waals surface area contributed by atoms with E-state index in [1.54, 1.807) is 0 Å². The number of nitrogens with one attached hydrogen (secondary N) is 1. The molecule has 0 aliphatic carbocycles. The lowest BCUT2D eigenvalue weighted by atomic mass is 10.2. The maximum atomic E-state index is 12.6. The molecule has 0 bridgehead atoms. The van der Waals surface area contributed by atoms with Crippen molar-refractivity contribution in [1.29, 1.82) is 0 Å². The van der Waals surface area contributed by atoms with Gasteiger partial charge in [-0.2, -0.15) is 0 Å². The summed E-state index contributed by atoms with van der Waals surface area (Å²) in [6.45, 7) is 4.59. The van der Waals surface area contributed by atoms with Crippen LogP contribution in [0.25, 0.3) is 10.9 Å². The van der Waals surface area contributed by atoms with Crippen LogP contribution in [0, 0.1) is 0 Å². The minimum absolute atomic E-state index is 0.0702. The molecule has 0 radical (unpaired) electrons. The standard InChI is InChI=1S/C24H27N3O3S/c1-2-30-19-11-9-18(10-12-19)25-23(28)17-31-22-15-27(21-8-4-3-7-20(21)22)16-24(29)26-13-5-6-14-26/h3-4,7-12,15H,2,5-6,13-14,16-17H2,1H3,(H,25,28). The van der Waals surface area contributed by atoms with Crippen LogP contribution in [0.5, 0.6) is 5.75 Å². The Hall–Kier alpha value is -2.93. The Morgan fingerprint density at radius 2 is 1.81 bits per heavy atom. The van der Waals surface area contributed by atoms with Gasteiger partial charge in [-0.15, -0.1) is 11.8 Å². The van der Waals surface area contributed by atoms with E-state index in [0.717, 1.165) is 53.2 Å². The Morgan fingerprint density at radius 1 is 1.06 bits per heavy atom. The number of amides is 2. The highest BCUT2D eigenvalue weighted by Crippen LogP contribution is 2.30. The molecule has 1 fully saturated rings. The van der Waals surface area contributed by atoms with Gasteiger partial charge in [-0.3, -0.25) is 9.59 Å². The van der Waals surface area contributed by atoms with E-state index < -0.39 is 0 Å². The summed E-state index contributed by atoms with van der Waals surface area (Å²) in [5, 5.41) is 3.99. The number of anilines is 1. The summed E-state index contributed by atoms with van der Waals surface area (Å²) >= 11 is 1.49. The second kappa shape index (κ2) is 9.92. The van der Waals surface area contributed by atoms with Gasteiger partial charge in [0, 0.05) is 40.8 Å². The summed E-state index contributed by atoms with van der Waals surface area (Å²) in [6.07, 6.45) is 4.17. The molecule has 31 heavy (non-hydrogen) atoms. The van der Waals surface area contributed by atoms with Crippen LogP contribution in [0.1, 0.15) is 19.8 Å². The fraction of sp³-hybridized carbons (Fsp3) is 0.333. The van der Waals surface area contributed by atoms with Crippen molar-refractivity contribution in [2.45, 2.75) is 31.2 Å². The number of hydrogen-bond acceptors (Lipinski definition) is 4. The number of carbonyl (C=O) groups is 2. The molecule has 2 heterocycles. The highest BCUT2D eigenvalue weighted by molar-refractivity contribution is 8.00. The number of ether oxygens (including phenoxy) is 1. The fourth-order valence-electron chi connectivity index (χ4n) is 3.81. The third kappa shape index (κ3) is 5.22. The molecule has 1 aliphatic rings. The molecule has 0 spiro atoms. The average Bonchev–Trinajstić information content (AvgIpc) is 3.43. The van der Waals surface area contributed by atoms with E-state index in [4.69, 9.17) is 4.74 Å².